The molecule has 0 aliphatic rings. The summed E-state index contributed by atoms with van der Waals surface area (Å²) in [6, 6.07) is 1.28. The van der Waals surface area contributed by atoms with E-state index in [1.54, 1.807) is 0 Å². The second-order valence-electron chi connectivity index (χ2n) is 2.63. The molecule has 0 fully saturated rings. The van der Waals surface area contributed by atoms with Gasteiger partial charge in [0.1, 0.15) is 0 Å². The van der Waals surface area contributed by atoms with E-state index in [4.69, 9.17) is 5.11 Å². The van der Waals surface area contributed by atoms with Gasteiger partial charge in [0.25, 0.3) is 0 Å². The highest BCUT2D eigenvalue weighted by molar-refractivity contribution is 7.13. The molecule has 0 saturated heterocycles. The van der Waals surface area contributed by atoms with Gasteiger partial charge < -0.3 is 5.11 Å². The van der Waals surface area contributed by atoms with E-state index in [1.165, 1.54) is 0 Å². The van der Waals surface area contributed by atoms with Crippen molar-refractivity contribution in [2.75, 3.05) is 7.11 Å². The fourth-order valence-electron chi connectivity index (χ4n) is 0.596. The van der Waals surface area contributed by atoms with Crippen LogP contribution in [0.1, 0.15) is 27.7 Å². The summed E-state index contributed by atoms with van der Waals surface area (Å²) in [5.41, 5.74) is 0. The van der Waals surface area contributed by atoms with Gasteiger partial charge in [0.2, 0.25) is 0 Å². The molecule has 0 spiro atoms. The summed E-state index contributed by atoms with van der Waals surface area (Å²) in [6.07, 6.45) is 0. The number of aliphatic hydroxyl groups is 1. The van der Waals surface area contributed by atoms with Gasteiger partial charge in [0.15, 0.2) is 0 Å². The Labute approximate surface area is 66.9 Å². The Hall–Kier alpha value is 0.350. The van der Waals surface area contributed by atoms with Crippen molar-refractivity contribution in [2.24, 2.45) is 0 Å². The normalized spacial score (nSPS) is 10.2. The molecule has 0 aromatic carbocycles. The summed E-state index contributed by atoms with van der Waals surface area (Å²) < 4.78 is 2.25. The molecule has 1 atom stereocenters. The molecule has 0 aliphatic heterocycles. The third kappa shape index (κ3) is 6.47. The zero-order valence-electron chi connectivity index (χ0n) is 7.63. The smallest absolute Gasteiger partial charge is 0.0319 e. The van der Waals surface area contributed by atoms with Crippen molar-refractivity contribution in [3.05, 3.63) is 0 Å². The average Bonchev–Trinajstić information content (AvgIpc) is 1.90. The van der Waals surface area contributed by atoms with Gasteiger partial charge in [0, 0.05) is 19.2 Å². The van der Waals surface area contributed by atoms with E-state index in [-0.39, 0.29) is 0 Å². The SMILES string of the molecule is CC(C)N(P)C(C)C.CO. The molecule has 0 heterocycles. The van der Waals surface area contributed by atoms with Crippen LogP contribution in [0.15, 0.2) is 0 Å². The van der Waals surface area contributed by atoms with E-state index in [0.717, 1.165) is 7.11 Å². The standard InChI is InChI=1S/C6H16NP.CH4O/c1-5(2)7(8)6(3)4;1-2/h5-6H,8H2,1-4H3;2H,1H3. The molecule has 0 aromatic heterocycles. The first-order valence-electron chi connectivity index (χ1n) is 3.53. The quantitative estimate of drug-likeness (QED) is 0.627. The van der Waals surface area contributed by atoms with Crippen LogP contribution in [0.3, 0.4) is 0 Å². The van der Waals surface area contributed by atoms with Gasteiger partial charge in [0.05, 0.1) is 0 Å². The third-order valence-electron chi connectivity index (χ3n) is 1.19. The maximum atomic E-state index is 7.00. The summed E-state index contributed by atoms with van der Waals surface area (Å²) in [6.45, 7) is 8.75. The van der Waals surface area contributed by atoms with Gasteiger partial charge >= 0.3 is 0 Å². The van der Waals surface area contributed by atoms with E-state index >= 15 is 0 Å². The molecule has 0 aliphatic carbocycles. The number of hydrogen-bond donors (Lipinski definition) is 1. The molecule has 10 heavy (non-hydrogen) atoms. The summed E-state index contributed by atoms with van der Waals surface area (Å²) in [5.74, 6) is 0. The van der Waals surface area contributed by atoms with E-state index in [9.17, 15) is 0 Å². The molecule has 0 amide bonds. The molecule has 0 radical (unpaired) electrons. The highest BCUT2D eigenvalue weighted by Crippen LogP contribution is 2.09. The van der Waals surface area contributed by atoms with Crippen molar-refractivity contribution in [3.8, 4) is 0 Å². The molecule has 0 saturated carbocycles. The molecule has 2 nitrogen and oxygen atoms in total. The lowest BCUT2D eigenvalue weighted by molar-refractivity contribution is 0.334. The molecular weight excluding hydrogens is 145 g/mol. The predicted molar refractivity (Wildman–Crippen MR) is 50.0 cm³/mol. The molecule has 64 valence electrons. The van der Waals surface area contributed by atoms with Crippen LogP contribution in [0.25, 0.3) is 0 Å². The monoisotopic (exact) mass is 165 g/mol. The van der Waals surface area contributed by atoms with Crippen molar-refractivity contribution in [3.63, 3.8) is 0 Å². The van der Waals surface area contributed by atoms with E-state index < -0.39 is 0 Å². The van der Waals surface area contributed by atoms with Crippen LogP contribution in [-0.4, -0.2) is 29.0 Å². The molecule has 0 aromatic rings. The molecule has 0 rings (SSSR count). The van der Waals surface area contributed by atoms with Gasteiger partial charge in [-0.2, -0.15) is 0 Å². The highest BCUT2D eigenvalue weighted by atomic mass is 31.0. The minimum Gasteiger partial charge on any atom is -0.400 e. The second kappa shape index (κ2) is 7.46. The Kier molecular flexibility index (Phi) is 9.68. The van der Waals surface area contributed by atoms with Gasteiger partial charge in [-0.3, -0.25) is 4.67 Å². The van der Waals surface area contributed by atoms with Crippen LogP contribution in [0.5, 0.6) is 0 Å². The molecule has 0 bridgehead atoms. The largest absolute Gasteiger partial charge is 0.400 e. The van der Waals surface area contributed by atoms with Crippen LogP contribution in [0.4, 0.5) is 0 Å². The molecule has 3 heteroatoms. The summed E-state index contributed by atoms with van der Waals surface area (Å²) in [4.78, 5) is 0. The van der Waals surface area contributed by atoms with Crippen molar-refractivity contribution in [1.29, 1.82) is 0 Å². The van der Waals surface area contributed by atoms with Gasteiger partial charge in [-0.1, -0.05) is 9.39 Å². The van der Waals surface area contributed by atoms with Crippen LogP contribution < -0.4 is 0 Å². The summed E-state index contributed by atoms with van der Waals surface area (Å²) in [5, 5.41) is 7.00. The van der Waals surface area contributed by atoms with Gasteiger partial charge in [-0.15, -0.1) is 0 Å². The fraction of sp³-hybridized carbons (Fsp3) is 1.00. The van der Waals surface area contributed by atoms with Gasteiger partial charge in [-0.25, -0.2) is 0 Å². The van der Waals surface area contributed by atoms with Crippen LogP contribution in [0, 0.1) is 0 Å². The number of hydrogen-bond acceptors (Lipinski definition) is 2. The Morgan fingerprint density at radius 2 is 1.20 bits per heavy atom. The minimum atomic E-state index is 0.639. The van der Waals surface area contributed by atoms with Crippen LogP contribution in [0.2, 0.25) is 0 Å². The Morgan fingerprint density at radius 1 is 1.00 bits per heavy atom. The molecular formula is C7H20NOP. The van der Waals surface area contributed by atoms with E-state index in [1.807, 2.05) is 0 Å². The number of aliphatic hydroxyl groups excluding tert-OH is 1. The maximum absolute atomic E-state index is 7.00. The third-order valence-corrected chi connectivity index (χ3v) is 2.39. The maximum Gasteiger partial charge on any atom is 0.0319 e. The molecule has 1 N–H and O–H groups in total. The van der Waals surface area contributed by atoms with Gasteiger partial charge in [-0.05, 0) is 27.7 Å². The lowest BCUT2D eigenvalue weighted by Crippen LogP contribution is -2.26. The van der Waals surface area contributed by atoms with Crippen molar-refractivity contribution in [1.82, 2.24) is 4.67 Å². The Balaban J connectivity index is 0. The highest BCUT2D eigenvalue weighted by Gasteiger charge is 2.05. The molecule has 1 unspecified atom stereocenters. The first-order chi connectivity index (χ1) is 4.55. The van der Waals surface area contributed by atoms with Crippen molar-refractivity contribution >= 4 is 9.39 Å². The predicted octanol–water partition coefficient (Wildman–Crippen LogP) is 1.50. The zero-order valence-corrected chi connectivity index (χ0v) is 8.78. The second-order valence-corrected chi connectivity index (χ2v) is 3.23. The minimum absolute atomic E-state index is 0.639. The summed E-state index contributed by atoms with van der Waals surface area (Å²) >= 11 is 0. The van der Waals surface area contributed by atoms with Crippen LogP contribution in [-0.2, 0) is 0 Å². The Morgan fingerprint density at radius 3 is 1.20 bits per heavy atom. The fourth-order valence-corrected chi connectivity index (χ4v) is 0.596. The lowest BCUT2D eigenvalue weighted by Gasteiger charge is -2.24. The first-order valence-corrected chi connectivity index (χ1v) is 4.05. The summed E-state index contributed by atoms with van der Waals surface area (Å²) in [7, 11) is 3.72. The average molecular weight is 165 g/mol. The lowest BCUT2D eigenvalue weighted by atomic mass is 10.3. The Bertz CT molecular complexity index is 58.6. The number of nitrogens with zero attached hydrogens (tertiary/aromatic N) is 1. The topological polar surface area (TPSA) is 23.5 Å². The van der Waals surface area contributed by atoms with Crippen LogP contribution >= 0.6 is 9.39 Å². The van der Waals surface area contributed by atoms with Crippen molar-refractivity contribution < 1.29 is 5.11 Å². The van der Waals surface area contributed by atoms with E-state index in [0.29, 0.717) is 12.1 Å². The zero-order chi connectivity index (χ0) is 8.73. The number of rotatable bonds is 2. The van der Waals surface area contributed by atoms with Crippen molar-refractivity contribution in [2.45, 2.75) is 39.8 Å². The van der Waals surface area contributed by atoms with E-state index in [2.05, 4.69) is 41.8 Å². The first kappa shape index (κ1) is 13.0.